The Kier molecular flexibility index (Phi) is 4.51. The first-order valence-electron chi connectivity index (χ1n) is 4.88. The highest BCUT2D eigenvalue weighted by molar-refractivity contribution is 9.08. The maximum absolute atomic E-state index is 11.5. The molecule has 0 atom stereocenters. The van der Waals surface area contributed by atoms with Gasteiger partial charge in [0.05, 0.1) is 24.3 Å². The summed E-state index contributed by atoms with van der Waals surface area (Å²) in [7, 11) is 1.33. The fraction of sp³-hybridized carbons (Fsp3) is 0.333. The van der Waals surface area contributed by atoms with Gasteiger partial charge in [-0.2, -0.15) is 5.26 Å². The Morgan fingerprint density at radius 3 is 2.69 bits per heavy atom. The van der Waals surface area contributed by atoms with E-state index in [9.17, 15) is 4.79 Å². The molecule has 1 rings (SSSR count). The van der Waals surface area contributed by atoms with E-state index in [1.165, 1.54) is 7.11 Å². The van der Waals surface area contributed by atoms with Crippen molar-refractivity contribution in [2.45, 2.75) is 18.7 Å². The van der Waals surface area contributed by atoms with Gasteiger partial charge in [0.2, 0.25) is 0 Å². The molecule has 0 amide bonds. The van der Waals surface area contributed by atoms with Gasteiger partial charge in [-0.25, -0.2) is 4.79 Å². The number of nitriles is 1. The van der Waals surface area contributed by atoms with Crippen LogP contribution in [0.2, 0.25) is 0 Å². The van der Waals surface area contributed by atoms with Crippen molar-refractivity contribution in [2.24, 2.45) is 0 Å². The lowest BCUT2D eigenvalue weighted by atomic mass is 9.96. The van der Waals surface area contributed by atoms with Crippen LogP contribution in [0.1, 0.15) is 34.0 Å². The summed E-state index contributed by atoms with van der Waals surface area (Å²) in [5.74, 6) is -0.409. The number of alkyl halides is 1. The Balaban J connectivity index is 3.44. The number of hydrogen-bond acceptors (Lipinski definition) is 3. The van der Waals surface area contributed by atoms with Crippen LogP contribution in [0.25, 0.3) is 0 Å². The number of carbonyl (C=O) groups excluding carboxylic acids is 1. The van der Waals surface area contributed by atoms with Crippen LogP contribution in [0.3, 0.4) is 0 Å². The van der Waals surface area contributed by atoms with Gasteiger partial charge in [-0.3, -0.25) is 0 Å². The van der Waals surface area contributed by atoms with Crippen molar-refractivity contribution in [1.29, 1.82) is 5.26 Å². The van der Waals surface area contributed by atoms with Crippen LogP contribution >= 0.6 is 15.9 Å². The molecule has 0 fully saturated rings. The van der Waals surface area contributed by atoms with Crippen molar-refractivity contribution in [3.63, 3.8) is 0 Å². The van der Waals surface area contributed by atoms with Gasteiger partial charge in [-0.05, 0) is 23.6 Å². The fourth-order valence-electron chi connectivity index (χ4n) is 1.57. The number of aryl methyl sites for hydroxylation is 1. The zero-order valence-corrected chi connectivity index (χ0v) is 10.8. The molecule has 0 bridgehead atoms. The second-order valence-corrected chi connectivity index (χ2v) is 3.78. The average molecular weight is 282 g/mol. The van der Waals surface area contributed by atoms with Crippen LogP contribution in [0.15, 0.2) is 12.1 Å². The molecule has 0 aliphatic carbocycles. The first-order valence-corrected chi connectivity index (χ1v) is 6.00. The van der Waals surface area contributed by atoms with Gasteiger partial charge in [-0.15, -0.1) is 0 Å². The Labute approximate surface area is 103 Å². The van der Waals surface area contributed by atoms with E-state index in [0.717, 1.165) is 12.0 Å². The Morgan fingerprint density at radius 1 is 1.56 bits per heavy atom. The molecular weight excluding hydrogens is 270 g/mol. The summed E-state index contributed by atoms with van der Waals surface area (Å²) < 4.78 is 4.68. The van der Waals surface area contributed by atoms with Crippen LogP contribution in [-0.4, -0.2) is 13.1 Å². The van der Waals surface area contributed by atoms with E-state index in [4.69, 9.17) is 5.26 Å². The molecule has 0 heterocycles. The van der Waals surface area contributed by atoms with Crippen molar-refractivity contribution in [3.8, 4) is 6.07 Å². The maximum atomic E-state index is 11.5. The molecule has 16 heavy (non-hydrogen) atoms. The number of ether oxygens (including phenoxy) is 1. The summed E-state index contributed by atoms with van der Waals surface area (Å²) in [5.41, 5.74) is 2.67. The summed E-state index contributed by atoms with van der Waals surface area (Å²) in [6.07, 6.45) is 0.768. The van der Waals surface area contributed by atoms with Crippen molar-refractivity contribution in [2.75, 3.05) is 7.11 Å². The zero-order chi connectivity index (χ0) is 12.1. The van der Waals surface area contributed by atoms with Crippen molar-refractivity contribution < 1.29 is 9.53 Å². The maximum Gasteiger partial charge on any atom is 0.338 e. The summed E-state index contributed by atoms with van der Waals surface area (Å²) >= 11 is 3.30. The molecule has 0 aliphatic rings. The number of halogens is 1. The van der Waals surface area contributed by atoms with Gasteiger partial charge >= 0.3 is 5.97 Å². The molecule has 0 saturated heterocycles. The third-order valence-corrected chi connectivity index (χ3v) is 2.99. The van der Waals surface area contributed by atoms with E-state index in [-0.39, 0.29) is 0 Å². The van der Waals surface area contributed by atoms with E-state index < -0.39 is 5.97 Å². The molecule has 0 aliphatic heterocycles. The Hall–Kier alpha value is -1.34. The highest BCUT2D eigenvalue weighted by Crippen LogP contribution is 2.22. The number of benzene rings is 1. The third kappa shape index (κ3) is 2.25. The topological polar surface area (TPSA) is 50.1 Å². The smallest absolute Gasteiger partial charge is 0.338 e. The first-order chi connectivity index (χ1) is 7.69. The molecule has 84 valence electrons. The number of carbonyl (C=O) groups is 1. The molecule has 3 nitrogen and oxygen atoms in total. The minimum absolute atomic E-state index is 0.409. The summed E-state index contributed by atoms with van der Waals surface area (Å²) in [4.78, 5) is 11.5. The molecular formula is C12H12BrNO2. The minimum Gasteiger partial charge on any atom is -0.465 e. The lowest BCUT2D eigenvalue weighted by Crippen LogP contribution is -2.08. The predicted molar refractivity (Wildman–Crippen MR) is 64.5 cm³/mol. The lowest BCUT2D eigenvalue weighted by molar-refractivity contribution is 0.0600. The SMILES string of the molecule is CCc1ccc(C(=O)OC)c(CBr)c1C#N. The standard InChI is InChI=1S/C12H12BrNO2/c1-3-8-4-5-9(12(15)16-2)10(6-13)11(8)7-14/h4-5H,3,6H2,1-2H3. The van der Waals surface area contributed by atoms with Crippen LogP contribution in [-0.2, 0) is 16.5 Å². The van der Waals surface area contributed by atoms with Gasteiger partial charge in [0, 0.05) is 5.33 Å². The second kappa shape index (κ2) is 5.66. The molecule has 1 aromatic rings. The van der Waals surface area contributed by atoms with E-state index in [1.807, 2.05) is 6.92 Å². The van der Waals surface area contributed by atoms with E-state index >= 15 is 0 Å². The van der Waals surface area contributed by atoms with Crippen molar-refractivity contribution in [1.82, 2.24) is 0 Å². The minimum atomic E-state index is -0.409. The van der Waals surface area contributed by atoms with Crippen molar-refractivity contribution in [3.05, 3.63) is 34.4 Å². The molecule has 0 spiro atoms. The number of rotatable bonds is 3. The quantitative estimate of drug-likeness (QED) is 0.632. The van der Waals surface area contributed by atoms with Crippen LogP contribution in [0.4, 0.5) is 0 Å². The summed E-state index contributed by atoms with van der Waals surface area (Å²) in [6, 6.07) is 5.66. The van der Waals surface area contributed by atoms with Crippen LogP contribution in [0, 0.1) is 11.3 Å². The fourth-order valence-corrected chi connectivity index (χ4v) is 2.15. The van der Waals surface area contributed by atoms with Gasteiger partial charge in [-0.1, -0.05) is 28.9 Å². The molecule has 0 unspecified atom stereocenters. The van der Waals surface area contributed by atoms with Crippen LogP contribution < -0.4 is 0 Å². The highest BCUT2D eigenvalue weighted by atomic mass is 79.9. The Morgan fingerprint density at radius 2 is 2.25 bits per heavy atom. The number of hydrogen-bond donors (Lipinski definition) is 0. The van der Waals surface area contributed by atoms with Gasteiger partial charge in [0.15, 0.2) is 0 Å². The summed E-state index contributed by atoms with van der Waals surface area (Å²) in [6.45, 7) is 1.98. The van der Waals surface area contributed by atoms with E-state index in [0.29, 0.717) is 22.0 Å². The Bertz CT molecular complexity index is 449. The zero-order valence-electron chi connectivity index (χ0n) is 9.21. The average Bonchev–Trinajstić information content (AvgIpc) is 2.35. The van der Waals surface area contributed by atoms with Crippen LogP contribution in [0.5, 0.6) is 0 Å². The van der Waals surface area contributed by atoms with E-state index in [1.54, 1.807) is 12.1 Å². The lowest BCUT2D eigenvalue weighted by Gasteiger charge is -2.10. The summed E-state index contributed by atoms with van der Waals surface area (Å²) in [5, 5.41) is 9.58. The monoisotopic (exact) mass is 281 g/mol. The molecule has 0 N–H and O–H groups in total. The number of methoxy groups -OCH3 is 1. The highest BCUT2D eigenvalue weighted by Gasteiger charge is 2.16. The van der Waals surface area contributed by atoms with E-state index in [2.05, 4.69) is 26.7 Å². The molecule has 0 radical (unpaired) electrons. The third-order valence-electron chi connectivity index (χ3n) is 2.43. The van der Waals surface area contributed by atoms with Gasteiger partial charge in [0.1, 0.15) is 0 Å². The van der Waals surface area contributed by atoms with Gasteiger partial charge < -0.3 is 4.74 Å². The largest absolute Gasteiger partial charge is 0.465 e. The molecule has 1 aromatic carbocycles. The molecule has 4 heteroatoms. The molecule has 0 aromatic heterocycles. The predicted octanol–water partition coefficient (Wildman–Crippen LogP) is 2.80. The second-order valence-electron chi connectivity index (χ2n) is 3.22. The normalized spacial score (nSPS) is 9.62. The number of esters is 1. The van der Waals surface area contributed by atoms with Crippen molar-refractivity contribution >= 4 is 21.9 Å². The first kappa shape index (κ1) is 12.7. The molecule has 0 saturated carbocycles. The number of nitrogens with zero attached hydrogens (tertiary/aromatic N) is 1. The van der Waals surface area contributed by atoms with Gasteiger partial charge in [0.25, 0.3) is 0 Å².